The average molecular weight is 262 g/mol. The molecule has 2 unspecified atom stereocenters. The molecule has 1 saturated heterocycles. The Morgan fingerprint density at radius 1 is 1.37 bits per heavy atom. The first-order valence-corrected chi connectivity index (χ1v) is 6.03. The van der Waals surface area contributed by atoms with Gasteiger partial charge in [0.2, 0.25) is 5.72 Å². The zero-order valence-electron chi connectivity index (χ0n) is 10.4. The third-order valence-electron chi connectivity index (χ3n) is 3.85. The van der Waals surface area contributed by atoms with E-state index in [1.165, 1.54) is 7.05 Å². The number of hydrogen-bond acceptors (Lipinski definition) is 4. The number of rotatable bonds is 1. The molecule has 19 heavy (non-hydrogen) atoms. The number of fused-ring (bicyclic) bond motifs is 3. The minimum atomic E-state index is -1.86. The summed E-state index contributed by atoms with van der Waals surface area (Å²) in [4.78, 5) is 26.9. The van der Waals surface area contributed by atoms with Crippen LogP contribution in [0.15, 0.2) is 24.3 Å². The zero-order chi connectivity index (χ0) is 13.8. The Labute approximate surface area is 109 Å². The van der Waals surface area contributed by atoms with E-state index < -0.39 is 30.2 Å². The van der Waals surface area contributed by atoms with Crippen LogP contribution in [0.5, 0.6) is 0 Å². The molecule has 6 heteroatoms. The number of piperazine rings is 1. The summed E-state index contributed by atoms with van der Waals surface area (Å²) in [7, 11) is 1.42. The summed E-state index contributed by atoms with van der Waals surface area (Å²) in [6.07, 6.45) is 0.0796. The van der Waals surface area contributed by atoms with Gasteiger partial charge in [0.15, 0.2) is 0 Å². The lowest BCUT2D eigenvalue weighted by atomic mass is 10.0. The van der Waals surface area contributed by atoms with E-state index in [4.69, 9.17) is 0 Å². The number of anilines is 1. The maximum atomic E-state index is 12.4. The minimum absolute atomic E-state index is 0.0796. The molecule has 100 valence electrons. The van der Waals surface area contributed by atoms with Crippen LogP contribution >= 0.6 is 0 Å². The van der Waals surface area contributed by atoms with Crippen molar-refractivity contribution in [3.8, 4) is 0 Å². The van der Waals surface area contributed by atoms with E-state index in [1.54, 1.807) is 24.3 Å². The normalized spacial score (nSPS) is 29.5. The first-order chi connectivity index (χ1) is 9.00. The first-order valence-electron chi connectivity index (χ1n) is 6.03. The van der Waals surface area contributed by atoms with Crippen LogP contribution in [-0.4, -0.2) is 52.3 Å². The highest BCUT2D eigenvalue weighted by Gasteiger charge is 2.58. The van der Waals surface area contributed by atoms with Crippen molar-refractivity contribution in [1.82, 2.24) is 4.90 Å². The van der Waals surface area contributed by atoms with Crippen molar-refractivity contribution >= 4 is 17.5 Å². The number of hydrogen-bond donors (Lipinski definition) is 2. The summed E-state index contributed by atoms with van der Waals surface area (Å²) >= 11 is 0. The highest BCUT2D eigenvalue weighted by molar-refractivity contribution is 6.11. The maximum absolute atomic E-state index is 12.4. The van der Waals surface area contributed by atoms with Gasteiger partial charge in [0.25, 0.3) is 11.8 Å². The molecule has 1 aromatic rings. The summed E-state index contributed by atoms with van der Waals surface area (Å²) in [6.45, 7) is -0.462. The van der Waals surface area contributed by atoms with Crippen molar-refractivity contribution in [3.05, 3.63) is 29.8 Å². The third-order valence-corrected chi connectivity index (χ3v) is 3.85. The van der Waals surface area contributed by atoms with Gasteiger partial charge in [-0.2, -0.15) is 0 Å². The lowest BCUT2D eigenvalue weighted by Crippen LogP contribution is -2.71. The first kappa shape index (κ1) is 12.1. The number of aliphatic hydroxyl groups excluding tert-OH is 1. The van der Waals surface area contributed by atoms with Crippen molar-refractivity contribution < 1.29 is 19.8 Å². The number of nitrogens with zero attached hydrogens (tertiary/aromatic N) is 2. The molecule has 2 aliphatic heterocycles. The fraction of sp³-hybridized carbons (Fsp3) is 0.385. The molecule has 2 heterocycles. The van der Waals surface area contributed by atoms with Crippen molar-refractivity contribution in [2.45, 2.75) is 18.2 Å². The Kier molecular flexibility index (Phi) is 2.42. The fourth-order valence-electron chi connectivity index (χ4n) is 2.83. The molecule has 1 fully saturated rings. The summed E-state index contributed by atoms with van der Waals surface area (Å²) in [5.74, 6) is -1.03. The molecule has 0 saturated carbocycles. The van der Waals surface area contributed by atoms with Crippen molar-refractivity contribution in [1.29, 1.82) is 0 Å². The second-order valence-electron chi connectivity index (χ2n) is 4.91. The van der Waals surface area contributed by atoms with Gasteiger partial charge in [0.05, 0.1) is 12.3 Å². The topological polar surface area (TPSA) is 81.1 Å². The Morgan fingerprint density at radius 3 is 2.74 bits per heavy atom. The molecule has 2 atom stereocenters. The van der Waals surface area contributed by atoms with Crippen molar-refractivity contribution in [2.24, 2.45) is 0 Å². The third kappa shape index (κ3) is 1.38. The molecule has 0 aromatic heterocycles. The Hall–Kier alpha value is -1.92. The van der Waals surface area contributed by atoms with Gasteiger partial charge in [-0.3, -0.25) is 14.5 Å². The summed E-state index contributed by atoms with van der Waals surface area (Å²) < 4.78 is 0. The van der Waals surface area contributed by atoms with Crippen LogP contribution in [0.25, 0.3) is 0 Å². The van der Waals surface area contributed by atoms with Crippen LogP contribution in [0.3, 0.4) is 0 Å². The highest BCUT2D eigenvalue weighted by atomic mass is 16.3. The zero-order valence-corrected chi connectivity index (χ0v) is 10.4. The van der Waals surface area contributed by atoms with Crippen LogP contribution in [-0.2, 0) is 16.0 Å². The van der Waals surface area contributed by atoms with Crippen molar-refractivity contribution in [3.63, 3.8) is 0 Å². The van der Waals surface area contributed by atoms with Crippen LogP contribution < -0.4 is 4.90 Å². The minimum Gasteiger partial charge on any atom is -0.394 e. The van der Waals surface area contributed by atoms with E-state index in [9.17, 15) is 19.8 Å². The second kappa shape index (κ2) is 3.79. The smallest absolute Gasteiger partial charge is 0.277 e. The molecule has 3 rings (SSSR count). The molecule has 0 radical (unpaired) electrons. The Morgan fingerprint density at radius 2 is 2.05 bits per heavy atom. The summed E-state index contributed by atoms with van der Waals surface area (Å²) in [6, 6.07) is 6.06. The van der Waals surface area contributed by atoms with Gasteiger partial charge in [-0.05, 0) is 11.6 Å². The van der Waals surface area contributed by atoms with Gasteiger partial charge in [0.1, 0.15) is 6.04 Å². The fourth-order valence-corrected chi connectivity index (χ4v) is 2.83. The van der Waals surface area contributed by atoms with Crippen LogP contribution in [0.4, 0.5) is 5.69 Å². The van der Waals surface area contributed by atoms with Crippen LogP contribution in [0, 0.1) is 0 Å². The van der Waals surface area contributed by atoms with Crippen molar-refractivity contribution in [2.75, 3.05) is 18.6 Å². The second-order valence-corrected chi connectivity index (χ2v) is 4.91. The molecule has 1 aromatic carbocycles. The van der Waals surface area contributed by atoms with Gasteiger partial charge < -0.3 is 15.1 Å². The number of amides is 2. The molecule has 2 N–H and O–H groups in total. The van der Waals surface area contributed by atoms with Gasteiger partial charge in [-0.15, -0.1) is 0 Å². The van der Waals surface area contributed by atoms with E-state index in [1.807, 2.05) is 0 Å². The van der Waals surface area contributed by atoms with E-state index in [-0.39, 0.29) is 6.42 Å². The number of carbonyl (C=O) groups excluding carboxylic acids is 2. The van der Waals surface area contributed by atoms with Gasteiger partial charge in [-0.25, -0.2) is 0 Å². The molecule has 0 spiro atoms. The quantitative estimate of drug-likeness (QED) is 0.687. The van der Waals surface area contributed by atoms with E-state index in [0.29, 0.717) is 5.69 Å². The average Bonchev–Trinajstić information content (AvgIpc) is 2.70. The Balaban J connectivity index is 2.16. The predicted octanol–water partition coefficient (Wildman–Crippen LogP) is -0.903. The summed E-state index contributed by atoms with van der Waals surface area (Å²) in [5, 5.41) is 19.9. The van der Waals surface area contributed by atoms with E-state index in [2.05, 4.69) is 0 Å². The lowest BCUT2D eigenvalue weighted by molar-refractivity contribution is -0.164. The van der Waals surface area contributed by atoms with Gasteiger partial charge in [-0.1, -0.05) is 18.2 Å². The van der Waals surface area contributed by atoms with Crippen LogP contribution in [0.2, 0.25) is 0 Å². The maximum Gasteiger partial charge on any atom is 0.277 e. The lowest BCUT2D eigenvalue weighted by Gasteiger charge is -2.44. The monoisotopic (exact) mass is 262 g/mol. The molecule has 0 aliphatic carbocycles. The Bertz CT molecular complexity index is 574. The molecule has 2 amide bonds. The number of para-hydroxylation sites is 1. The number of carbonyl (C=O) groups is 2. The SMILES string of the molecule is CN1C(=O)C2(O)Cc3ccccc3N2C(=O)C1CO. The highest BCUT2D eigenvalue weighted by Crippen LogP contribution is 2.41. The number of likely N-dealkylation sites (N-methyl/N-ethyl adjacent to an activating group) is 1. The molecule has 6 nitrogen and oxygen atoms in total. The van der Waals surface area contributed by atoms with Crippen LogP contribution in [0.1, 0.15) is 5.56 Å². The largest absolute Gasteiger partial charge is 0.394 e. The molecule has 2 aliphatic rings. The molecular weight excluding hydrogens is 248 g/mol. The number of aliphatic hydroxyl groups is 2. The summed E-state index contributed by atoms with van der Waals surface area (Å²) in [5.41, 5.74) is -0.574. The van der Waals surface area contributed by atoms with Gasteiger partial charge in [0, 0.05) is 13.5 Å². The number of benzene rings is 1. The van der Waals surface area contributed by atoms with Gasteiger partial charge >= 0.3 is 0 Å². The molecule has 0 bridgehead atoms. The van der Waals surface area contributed by atoms with E-state index >= 15 is 0 Å². The van der Waals surface area contributed by atoms with E-state index in [0.717, 1.165) is 15.4 Å². The predicted molar refractivity (Wildman–Crippen MR) is 66.2 cm³/mol. The standard InChI is InChI=1S/C13H14N2O4/c1-14-10(7-16)11(17)15-9-5-3-2-4-8(9)6-13(15,19)12(14)18/h2-5,10,16,19H,6-7H2,1H3. The molecular formula is C13H14N2O4.